The van der Waals surface area contributed by atoms with Crippen molar-refractivity contribution in [2.75, 3.05) is 19.6 Å². The SMILES string of the molecule is CC(C)(C)OC(=O)c1ccc(C2CCN(CC(=O)OCc3ccccc3)CC2)cc1. The van der Waals surface area contributed by atoms with E-state index in [1.54, 1.807) is 0 Å². The van der Waals surface area contributed by atoms with Crippen molar-refractivity contribution in [1.82, 2.24) is 4.90 Å². The van der Waals surface area contributed by atoms with Crippen molar-refractivity contribution < 1.29 is 19.1 Å². The highest BCUT2D eigenvalue weighted by molar-refractivity contribution is 5.89. The van der Waals surface area contributed by atoms with E-state index in [1.165, 1.54) is 5.56 Å². The number of piperidine rings is 1. The summed E-state index contributed by atoms with van der Waals surface area (Å²) in [5, 5.41) is 0. The maximum Gasteiger partial charge on any atom is 0.338 e. The summed E-state index contributed by atoms with van der Waals surface area (Å²) in [7, 11) is 0. The van der Waals surface area contributed by atoms with E-state index in [-0.39, 0.29) is 11.9 Å². The summed E-state index contributed by atoms with van der Waals surface area (Å²) in [5.74, 6) is -0.0359. The van der Waals surface area contributed by atoms with Crippen LogP contribution in [0.2, 0.25) is 0 Å². The highest BCUT2D eigenvalue weighted by atomic mass is 16.6. The number of esters is 2. The molecular formula is C25H31NO4. The molecule has 0 radical (unpaired) electrons. The number of rotatable bonds is 6. The average Bonchev–Trinajstić information content (AvgIpc) is 2.72. The highest BCUT2D eigenvalue weighted by Gasteiger charge is 2.23. The minimum absolute atomic E-state index is 0.181. The largest absolute Gasteiger partial charge is 0.460 e. The predicted octanol–water partition coefficient (Wildman–Crippen LogP) is 4.56. The van der Waals surface area contributed by atoms with Crippen LogP contribution in [-0.4, -0.2) is 42.1 Å². The lowest BCUT2D eigenvalue weighted by molar-refractivity contribution is -0.146. The van der Waals surface area contributed by atoms with Gasteiger partial charge in [-0.05, 0) is 75.9 Å². The first-order valence-corrected chi connectivity index (χ1v) is 10.6. The van der Waals surface area contributed by atoms with Gasteiger partial charge in [-0.15, -0.1) is 0 Å². The summed E-state index contributed by atoms with van der Waals surface area (Å²) in [4.78, 5) is 26.4. The van der Waals surface area contributed by atoms with E-state index in [1.807, 2.05) is 75.4 Å². The van der Waals surface area contributed by atoms with Gasteiger partial charge in [-0.25, -0.2) is 4.79 Å². The number of benzene rings is 2. The maximum absolute atomic E-state index is 12.2. The predicted molar refractivity (Wildman–Crippen MR) is 116 cm³/mol. The monoisotopic (exact) mass is 409 g/mol. The van der Waals surface area contributed by atoms with Gasteiger partial charge in [0.2, 0.25) is 0 Å². The van der Waals surface area contributed by atoms with Crippen LogP contribution in [0.1, 0.15) is 61.0 Å². The zero-order chi connectivity index (χ0) is 21.6. The molecule has 0 aliphatic carbocycles. The Hall–Kier alpha value is -2.66. The lowest BCUT2D eigenvalue weighted by atomic mass is 9.89. The van der Waals surface area contributed by atoms with Gasteiger partial charge < -0.3 is 9.47 Å². The second kappa shape index (κ2) is 9.90. The number of likely N-dealkylation sites (tertiary alicyclic amines) is 1. The van der Waals surface area contributed by atoms with Crippen molar-refractivity contribution in [1.29, 1.82) is 0 Å². The standard InChI is InChI=1S/C25H31NO4/c1-25(2,3)30-24(28)22-11-9-20(10-12-22)21-13-15-26(16-14-21)17-23(27)29-18-19-7-5-4-6-8-19/h4-12,21H,13-18H2,1-3H3. The molecule has 0 bridgehead atoms. The fraction of sp³-hybridized carbons (Fsp3) is 0.440. The van der Waals surface area contributed by atoms with Gasteiger partial charge in [-0.2, -0.15) is 0 Å². The number of nitrogens with zero attached hydrogens (tertiary/aromatic N) is 1. The topological polar surface area (TPSA) is 55.8 Å². The van der Waals surface area contributed by atoms with Crippen molar-refractivity contribution in [3.8, 4) is 0 Å². The van der Waals surface area contributed by atoms with Crippen LogP contribution in [0.5, 0.6) is 0 Å². The number of hydrogen-bond acceptors (Lipinski definition) is 5. The molecule has 1 saturated heterocycles. The van der Waals surface area contributed by atoms with Crippen LogP contribution in [0.15, 0.2) is 54.6 Å². The lowest BCUT2D eigenvalue weighted by Gasteiger charge is -2.31. The van der Waals surface area contributed by atoms with Gasteiger partial charge in [0.15, 0.2) is 0 Å². The first-order chi connectivity index (χ1) is 14.3. The van der Waals surface area contributed by atoms with Crippen molar-refractivity contribution in [2.45, 2.75) is 51.7 Å². The molecule has 0 saturated carbocycles. The molecule has 0 N–H and O–H groups in total. The van der Waals surface area contributed by atoms with E-state index in [2.05, 4.69) is 4.90 Å². The first kappa shape index (κ1) is 22.0. The number of hydrogen-bond donors (Lipinski definition) is 0. The zero-order valence-corrected chi connectivity index (χ0v) is 18.1. The summed E-state index contributed by atoms with van der Waals surface area (Å²) < 4.78 is 10.8. The van der Waals surface area contributed by atoms with Gasteiger partial charge in [0.1, 0.15) is 12.2 Å². The number of ether oxygens (including phenoxy) is 2. The number of carbonyl (C=O) groups is 2. The van der Waals surface area contributed by atoms with Crippen LogP contribution in [0, 0.1) is 0 Å². The molecule has 1 heterocycles. The quantitative estimate of drug-likeness (QED) is 0.655. The van der Waals surface area contributed by atoms with Crippen LogP contribution in [0.25, 0.3) is 0 Å². The van der Waals surface area contributed by atoms with E-state index in [9.17, 15) is 9.59 Å². The van der Waals surface area contributed by atoms with Gasteiger partial charge in [0.25, 0.3) is 0 Å². The van der Waals surface area contributed by atoms with E-state index in [0.29, 0.717) is 24.6 Å². The Morgan fingerprint density at radius 3 is 2.20 bits per heavy atom. The molecule has 0 spiro atoms. The average molecular weight is 410 g/mol. The fourth-order valence-electron chi connectivity index (χ4n) is 3.62. The van der Waals surface area contributed by atoms with Gasteiger partial charge in [-0.1, -0.05) is 42.5 Å². The third-order valence-corrected chi connectivity index (χ3v) is 5.20. The Bertz CT molecular complexity index is 832. The van der Waals surface area contributed by atoms with Crippen molar-refractivity contribution in [3.05, 3.63) is 71.3 Å². The fourth-order valence-corrected chi connectivity index (χ4v) is 3.62. The molecule has 1 aliphatic heterocycles. The molecule has 160 valence electrons. The van der Waals surface area contributed by atoms with Gasteiger partial charge in [-0.3, -0.25) is 9.69 Å². The molecule has 2 aromatic carbocycles. The van der Waals surface area contributed by atoms with Gasteiger partial charge in [0.05, 0.1) is 12.1 Å². The Kier molecular flexibility index (Phi) is 7.27. The minimum Gasteiger partial charge on any atom is -0.460 e. The third kappa shape index (κ3) is 6.70. The summed E-state index contributed by atoms with van der Waals surface area (Å²) in [6.45, 7) is 7.97. The van der Waals surface area contributed by atoms with Gasteiger partial charge in [0, 0.05) is 0 Å². The molecule has 30 heavy (non-hydrogen) atoms. The normalized spacial score (nSPS) is 15.6. The first-order valence-electron chi connectivity index (χ1n) is 10.6. The smallest absolute Gasteiger partial charge is 0.338 e. The van der Waals surface area contributed by atoms with Crippen molar-refractivity contribution in [2.24, 2.45) is 0 Å². The second-order valence-corrected chi connectivity index (χ2v) is 8.82. The minimum atomic E-state index is -0.495. The summed E-state index contributed by atoms with van der Waals surface area (Å²) in [6.07, 6.45) is 1.97. The molecule has 0 aromatic heterocycles. The van der Waals surface area contributed by atoms with Crippen LogP contribution in [0.4, 0.5) is 0 Å². The van der Waals surface area contributed by atoms with E-state index in [0.717, 1.165) is 31.5 Å². The van der Waals surface area contributed by atoms with Crippen molar-refractivity contribution in [3.63, 3.8) is 0 Å². The Morgan fingerprint density at radius 2 is 1.60 bits per heavy atom. The molecule has 0 amide bonds. The Balaban J connectivity index is 1.43. The molecule has 5 heteroatoms. The molecule has 0 unspecified atom stereocenters. The van der Waals surface area contributed by atoms with Crippen LogP contribution >= 0.6 is 0 Å². The molecule has 0 atom stereocenters. The van der Waals surface area contributed by atoms with Crippen molar-refractivity contribution >= 4 is 11.9 Å². The Morgan fingerprint density at radius 1 is 0.967 bits per heavy atom. The molecule has 2 aromatic rings. The van der Waals surface area contributed by atoms with Crippen LogP contribution in [0.3, 0.4) is 0 Å². The molecule has 5 nitrogen and oxygen atoms in total. The molecule has 3 rings (SSSR count). The van der Waals surface area contributed by atoms with E-state index >= 15 is 0 Å². The summed E-state index contributed by atoms with van der Waals surface area (Å²) in [5.41, 5.74) is 2.31. The van der Waals surface area contributed by atoms with E-state index in [4.69, 9.17) is 9.47 Å². The lowest BCUT2D eigenvalue weighted by Crippen LogP contribution is -2.37. The summed E-state index contributed by atoms with van der Waals surface area (Å²) >= 11 is 0. The molecule has 1 fully saturated rings. The summed E-state index contributed by atoms with van der Waals surface area (Å²) in [6, 6.07) is 17.5. The maximum atomic E-state index is 12.2. The highest BCUT2D eigenvalue weighted by Crippen LogP contribution is 2.28. The Labute approximate surface area is 179 Å². The molecular weight excluding hydrogens is 378 g/mol. The molecule has 1 aliphatic rings. The van der Waals surface area contributed by atoms with Crippen LogP contribution < -0.4 is 0 Å². The third-order valence-electron chi connectivity index (χ3n) is 5.20. The van der Waals surface area contributed by atoms with Crippen LogP contribution in [-0.2, 0) is 20.9 Å². The van der Waals surface area contributed by atoms with Gasteiger partial charge >= 0.3 is 11.9 Å². The zero-order valence-electron chi connectivity index (χ0n) is 18.1. The van der Waals surface area contributed by atoms with E-state index < -0.39 is 5.60 Å². The number of carbonyl (C=O) groups excluding carboxylic acids is 2. The second-order valence-electron chi connectivity index (χ2n) is 8.82.